The number of halogens is 1. The molecule has 0 saturated carbocycles. The third-order valence-electron chi connectivity index (χ3n) is 3.43. The maximum atomic E-state index is 11.1. The molecule has 25 heavy (non-hydrogen) atoms. The number of nitrogens with two attached hydrogens (primary N) is 1. The van der Waals surface area contributed by atoms with E-state index < -0.39 is 5.91 Å². The van der Waals surface area contributed by atoms with Gasteiger partial charge in [0.05, 0.1) is 10.7 Å². The molecular formula is C17H14ClN5OS. The quantitative estimate of drug-likeness (QED) is 0.525. The van der Waals surface area contributed by atoms with E-state index in [-0.39, 0.29) is 0 Å². The maximum Gasteiger partial charge on any atom is 0.248 e. The topological polar surface area (TPSA) is 95.8 Å². The SMILES string of the molecule is NC(=O)c1ccc(NC(=S)Nc2ccc(-c3cc[nH]n3)c(Cl)c2)cc1. The third kappa shape index (κ3) is 4.14. The van der Waals surface area contributed by atoms with Crippen molar-refractivity contribution >= 4 is 46.2 Å². The first kappa shape index (κ1) is 16.9. The van der Waals surface area contributed by atoms with Crippen LogP contribution in [0.15, 0.2) is 54.7 Å². The van der Waals surface area contributed by atoms with Crippen LogP contribution in [0.4, 0.5) is 11.4 Å². The lowest BCUT2D eigenvalue weighted by atomic mass is 10.1. The maximum absolute atomic E-state index is 11.1. The van der Waals surface area contributed by atoms with Gasteiger partial charge in [-0.2, -0.15) is 5.10 Å². The van der Waals surface area contributed by atoms with Gasteiger partial charge in [-0.15, -0.1) is 0 Å². The zero-order valence-corrected chi connectivity index (χ0v) is 14.5. The standard InChI is InChI=1S/C17H14ClN5OS/c18-14-9-12(5-6-13(14)15-7-8-20-23-15)22-17(25)21-11-3-1-10(2-4-11)16(19)24/h1-9H,(H2,19,24)(H,20,23)(H2,21,22,25). The van der Waals surface area contributed by atoms with Crippen LogP contribution in [-0.2, 0) is 0 Å². The molecule has 3 rings (SSSR count). The summed E-state index contributed by atoms with van der Waals surface area (Å²) in [7, 11) is 0. The van der Waals surface area contributed by atoms with Crippen molar-refractivity contribution < 1.29 is 4.79 Å². The Bertz CT molecular complexity index is 909. The summed E-state index contributed by atoms with van der Waals surface area (Å²) >= 11 is 11.6. The summed E-state index contributed by atoms with van der Waals surface area (Å²) in [6.45, 7) is 0. The number of aromatic amines is 1. The fourth-order valence-corrected chi connectivity index (χ4v) is 2.74. The number of amides is 1. The van der Waals surface area contributed by atoms with Gasteiger partial charge in [0.1, 0.15) is 0 Å². The van der Waals surface area contributed by atoms with Gasteiger partial charge in [-0.25, -0.2) is 0 Å². The number of nitrogens with zero attached hydrogens (tertiary/aromatic N) is 1. The minimum Gasteiger partial charge on any atom is -0.366 e. The molecule has 1 heterocycles. The van der Waals surface area contributed by atoms with E-state index in [0.717, 1.165) is 22.6 Å². The number of hydrogen-bond acceptors (Lipinski definition) is 3. The zero-order chi connectivity index (χ0) is 17.8. The number of anilines is 2. The predicted molar refractivity (Wildman–Crippen MR) is 104 cm³/mol. The molecule has 6 nitrogen and oxygen atoms in total. The van der Waals surface area contributed by atoms with Crippen LogP contribution in [0.1, 0.15) is 10.4 Å². The number of rotatable bonds is 4. The molecule has 2 aromatic carbocycles. The Labute approximate surface area is 154 Å². The molecule has 0 bridgehead atoms. The Morgan fingerprint density at radius 1 is 1.08 bits per heavy atom. The van der Waals surface area contributed by atoms with E-state index in [1.807, 2.05) is 18.2 Å². The van der Waals surface area contributed by atoms with Gasteiger partial charge in [-0.1, -0.05) is 11.6 Å². The van der Waals surface area contributed by atoms with Crippen molar-refractivity contribution in [2.45, 2.75) is 0 Å². The average Bonchev–Trinajstić information content (AvgIpc) is 3.09. The largest absolute Gasteiger partial charge is 0.366 e. The molecule has 0 saturated heterocycles. The van der Waals surface area contributed by atoms with Gasteiger partial charge in [-0.3, -0.25) is 9.89 Å². The molecule has 0 aliphatic carbocycles. The second-order valence-electron chi connectivity index (χ2n) is 5.17. The fourth-order valence-electron chi connectivity index (χ4n) is 2.22. The number of thiocarbonyl (C=S) groups is 1. The Morgan fingerprint density at radius 2 is 1.76 bits per heavy atom. The fraction of sp³-hybridized carbons (Fsp3) is 0. The number of carbonyl (C=O) groups is 1. The summed E-state index contributed by atoms with van der Waals surface area (Å²) < 4.78 is 0. The van der Waals surface area contributed by atoms with Crippen LogP contribution < -0.4 is 16.4 Å². The van der Waals surface area contributed by atoms with Crippen molar-refractivity contribution in [1.29, 1.82) is 0 Å². The number of nitrogens with one attached hydrogen (secondary N) is 3. The summed E-state index contributed by atoms with van der Waals surface area (Å²) in [4.78, 5) is 11.1. The summed E-state index contributed by atoms with van der Waals surface area (Å²) in [6.07, 6.45) is 1.74. The molecule has 8 heteroatoms. The van der Waals surface area contributed by atoms with Crippen LogP contribution in [0.3, 0.4) is 0 Å². The first-order valence-electron chi connectivity index (χ1n) is 7.30. The summed E-state index contributed by atoms with van der Waals surface area (Å²) in [5.41, 5.74) is 8.73. The van der Waals surface area contributed by atoms with Crippen LogP contribution in [-0.4, -0.2) is 21.2 Å². The summed E-state index contributed by atoms with van der Waals surface area (Å²) in [5, 5.41) is 13.9. The van der Waals surface area contributed by atoms with Gasteiger partial charge in [0.25, 0.3) is 0 Å². The van der Waals surface area contributed by atoms with Crippen molar-refractivity contribution in [2.75, 3.05) is 10.6 Å². The van der Waals surface area contributed by atoms with Crippen LogP contribution in [0.25, 0.3) is 11.3 Å². The molecule has 126 valence electrons. The highest BCUT2D eigenvalue weighted by atomic mass is 35.5. The molecule has 0 aliphatic heterocycles. The Kier molecular flexibility index (Phi) is 4.97. The van der Waals surface area contributed by atoms with E-state index in [1.165, 1.54) is 0 Å². The highest BCUT2D eigenvalue weighted by Crippen LogP contribution is 2.28. The monoisotopic (exact) mass is 371 g/mol. The van der Waals surface area contributed by atoms with E-state index in [9.17, 15) is 4.79 Å². The molecule has 0 radical (unpaired) electrons. The number of primary amides is 1. The van der Waals surface area contributed by atoms with E-state index in [1.54, 1.807) is 36.5 Å². The van der Waals surface area contributed by atoms with Gasteiger partial charge in [0, 0.05) is 28.7 Å². The molecule has 5 N–H and O–H groups in total. The normalized spacial score (nSPS) is 10.3. The molecule has 1 aromatic heterocycles. The third-order valence-corrected chi connectivity index (χ3v) is 3.95. The molecular weight excluding hydrogens is 358 g/mol. The van der Waals surface area contributed by atoms with Crippen LogP contribution in [0, 0.1) is 0 Å². The zero-order valence-electron chi connectivity index (χ0n) is 12.9. The van der Waals surface area contributed by atoms with E-state index >= 15 is 0 Å². The van der Waals surface area contributed by atoms with Crippen molar-refractivity contribution in [3.05, 3.63) is 65.3 Å². The summed E-state index contributed by atoms with van der Waals surface area (Å²) in [5.74, 6) is -0.473. The van der Waals surface area contributed by atoms with Crippen LogP contribution >= 0.6 is 23.8 Å². The van der Waals surface area contributed by atoms with Crippen molar-refractivity contribution in [2.24, 2.45) is 5.73 Å². The first-order chi connectivity index (χ1) is 12.0. The number of hydrogen-bond donors (Lipinski definition) is 4. The lowest BCUT2D eigenvalue weighted by molar-refractivity contribution is 0.100. The number of benzene rings is 2. The minimum absolute atomic E-state index is 0.399. The number of aromatic nitrogens is 2. The van der Waals surface area contributed by atoms with Gasteiger partial charge in [-0.05, 0) is 60.7 Å². The van der Waals surface area contributed by atoms with Gasteiger partial charge in [0.2, 0.25) is 5.91 Å². The second kappa shape index (κ2) is 7.33. The lowest BCUT2D eigenvalue weighted by Gasteiger charge is -2.12. The number of carbonyl (C=O) groups excluding carboxylic acids is 1. The smallest absolute Gasteiger partial charge is 0.248 e. The molecule has 0 spiro atoms. The van der Waals surface area contributed by atoms with Crippen LogP contribution in [0.5, 0.6) is 0 Å². The predicted octanol–water partition coefficient (Wildman–Crippen LogP) is 3.64. The van der Waals surface area contributed by atoms with Crippen molar-refractivity contribution in [3.63, 3.8) is 0 Å². The molecule has 1 amide bonds. The van der Waals surface area contributed by atoms with Crippen LogP contribution in [0.2, 0.25) is 5.02 Å². The highest BCUT2D eigenvalue weighted by Gasteiger charge is 2.07. The first-order valence-corrected chi connectivity index (χ1v) is 8.09. The number of H-pyrrole nitrogens is 1. The molecule has 3 aromatic rings. The van der Waals surface area contributed by atoms with Gasteiger partial charge < -0.3 is 16.4 Å². The van der Waals surface area contributed by atoms with E-state index in [4.69, 9.17) is 29.6 Å². The molecule has 0 aliphatic rings. The lowest BCUT2D eigenvalue weighted by Crippen LogP contribution is -2.19. The summed E-state index contributed by atoms with van der Waals surface area (Å²) in [6, 6.07) is 14.0. The van der Waals surface area contributed by atoms with E-state index in [2.05, 4.69) is 20.8 Å². The Balaban J connectivity index is 1.66. The van der Waals surface area contributed by atoms with Crippen molar-refractivity contribution in [3.8, 4) is 11.3 Å². The van der Waals surface area contributed by atoms with E-state index in [0.29, 0.717) is 15.7 Å². The second-order valence-corrected chi connectivity index (χ2v) is 5.99. The van der Waals surface area contributed by atoms with Gasteiger partial charge >= 0.3 is 0 Å². The molecule has 0 unspecified atom stereocenters. The highest BCUT2D eigenvalue weighted by molar-refractivity contribution is 7.80. The van der Waals surface area contributed by atoms with Gasteiger partial charge in [0.15, 0.2) is 5.11 Å². The Hall–Kier alpha value is -2.90. The molecule has 0 fully saturated rings. The van der Waals surface area contributed by atoms with Crippen molar-refractivity contribution in [1.82, 2.24) is 10.2 Å². The minimum atomic E-state index is -0.473. The Morgan fingerprint density at radius 3 is 2.36 bits per heavy atom. The molecule has 0 atom stereocenters. The average molecular weight is 372 g/mol.